The Morgan fingerprint density at radius 2 is 1.79 bits per heavy atom. The molecule has 126 valence electrons. The number of hydrogen-bond acceptors (Lipinski definition) is 4. The summed E-state index contributed by atoms with van der Waals surface area (Å²) in [6.45, 7) is 1.35. The lowest BCUT2D eigenvalue weighted by Crippen LogP contribution is -2.13. The maximum Gasteiger partial charge on any atom is 0.255 e. The Morgan fingerprint density at radius 1 is 1.08 bits per heavy atom. The second-order valence-corrected chi connectivity index (χ2v) is 6.52. The van der Waals surface area contributed by atoms with Crippen LogP contribution in [0.15, 0.2) is 53.9 Å². The van der Waals surface area contributed by atoms with Gasteiger partial charge in [-0.3, -0.25) is 9.52 Å². The molecule has 6 nitrogen and oxygen atoms in total. The molecule has 0 aromatic heterocycles. The Hall–Kier alpha value is -2.80. The normalized spacial score (nSPS) is 11.2. The fourth-order valence-corrected chi connectivity index (χ4v) is 2.83. The first kappa shape index (κ1) is 17.6. The summed E-state index contributed by atoms with van der Waals surface area (Å²) in [5.41, 5.74) is 1.33. The molecule has 0 saturated carbocycles. The number of carbonyl (C=O) groups excluding carboxylic acids is 1. The van der Waals surface area contributed by atoms with Crippen molar-refractivity contribution in [3.8, 4) is 5.75 Å². The summed E-state index contributed by atoms with van der Waals surface area (Å²) in [7, 11) is -2.28. The molecule has 0 aliphatic heterocycles. The lowest BCUT2D eigenvalue weighted by Gasteiger charge is -2.12. The number of rotatable bonds is 6. The number of ether oxygens (including phenoxy) is 1. The lowest BCUT2D eigenvalue weighted by atomic mass is 10.2. The highest BCUT2D eigenvalue weighted by atomic mass is 32.2. The van der Waals surface area contributed by atoms with E-state index in [0.717, 1.165) is 11.0 Å². The second-order valence-electron chi connectivity index (χ2n) is 4.95. The van der Waals surface area contributed by atoms with Crippen LogP contribution in [0, 0.1) is 0 Å². The Balaban J connectivity index is 2.27. The van der Waals surface area contributed by atoms with E-state index in [1.165, 1.54) is 26.2 Å². The quantitative estimate of drug-likeness (QED) is 0.842. The molecule has 0 aliphatic carbocycles. The van der Waals surface area contributed by atoms with Crippen LogP contribution in [0.2, 0.25) is 0 Å². The minimum Gasteiger partial charge on any atom is -0.497 e. The van der Waals surface area contributed by atoms with E-state index in [4.69, 9.17) is 4.74 Å². The number of methoxy groups -OCH3 is 1. The Kier molecular flexibility index (Phi) is 5.59. The lowest BCUT2D eigenvalue weighted by molar-refractivity contribution is -0.114. The van der Waals surface area contributed by atoms with Gasteiger partial charge in [-0.05, 0) is 23.8 Å². The van der Waals surface area contributed by atoms with Crippen molar-refractivity contribution in [3.63, 3.8) is 0 Å². The monoisotopic (exact) mass is 346 g/mol. The molecular weight excluding hydrogens is 328 g/mol. The molecule has 2 rings (SSSR count). The Morgan fingerprint density at radius 3 is 2.42 bits per heavy atom. The van der Waals surface area contributed by atoms with Crippen LogP contribution in [0.3, 0.4) is 0 Å². The molecule has 0 unspecified atom stereocenters. The third kappa shape index (κ3) is 5.13. The number of carbonyl (C=O) groups is 1. The van der Waals surface area contributed by atoms with E-state index in [-0.39, 0.29) is 11.6 Å². The molecule has 0 bridgehead atoms. The first-order valence-corrected chi connectivity index (χ1v) is 8.66. The number of nitrogens with one attached hydrogen (secondary N) is 2. The standard InChI is InChI=1S/C17H18N2O4S/c1-13(20)18-16-9-8-15(23-2)12-17(16)19-24(21,22)11-10-14-6-4-3-5-7-14/h3-12,19H,1-2H3,(H,18,20)/b11-10+. The molecule has 0 aliphatic rings. The van der Waals surface area contributed by atoms with E-state index < -0.39 is 10.0 Å². The maximum atomic E-state index is 12.3. The van der Waals surface area contributed by atoms with Gasteiger partial charge in [-0.25, -0.2) is 8.42 Å². The van der Waals surface area contributed by atoms with Crippen LogP contribution in [0.1, 0.15) is 12.5 Å². The third-order valence-electron chi connectivity index (χ3n) is 3.03. The van der Waals surface area contributed by atoms with Crippen LogP contribution < -0.4 is 14.8 Å². The second kappa shape index (κ2) is 7.65. The van der Waals surface area contributed by atoms with Gasteiger partial charge in [0.15, 0.2) is 0 Å². The predicted octanol–water partition coefficient (Wildman–Crippen LogP) is 3.07. The number of anilines is 2. The largest absolute Gasteiger partial charge is 0.497 e. The smallest absolute Gasteiger partial charge is 0.255 e. The van der Waals surface area contributed by atoms with E-state index >= 15 is 0 Å². The van der Waals surface area contributed by atoms with Crippen molar-refractivity contribution in [2.75, 3.05) is 17.1 Å². The van der Waals surface area contributed by atoms with Gasteiger partial charge in [0.05, 0.1) is 23.9 Å². The number of amides is 1. The summed E-state index contributed by atoms with van der Waals surface area (Å²) in [5.74, 6) is 0.161. The SMILES string of the molecule is COc1ccc(NC(C)=O)c(NS(=O)(=O)/C=C/c2ccccc2)c1. The molecule has 2 N–H and O–H groups in total. The molecule has 0 radical (unpaired) electrons. The van der Waals surface area contributed by atoms with Crippen molar-refractivity contribution in [2.45, 2.75) is 6.92 Å². The first-order chi connectivity index (χ1) is 11.4. The van der Waals surface area contributed by atoms with Crippen LogP contribution in [0.25, 0.3) is 6.08 Å². The molecule has 0 saturated heterocycles. The topological polar surface area (TPSA) is 84.5 Å². The predicted molar refractivity (Wildman–Crippen MR) is 95.3 cm³/mol. The molecular formula is C17H18N2O4S. The van der Waals surface area contributed by atoms with Gasteiger partial charge in [-0.15, -0.1) is 0 Å². The molecule has 2 aromatic carbocycles. The molecule has 2 aromatic rings. The van der Waals surface area contributed by atoms with Crippen molar-refractivity contribution in [1.29, 1.82) is 0 Å². The van der Waals surface area contributed by atoms with Gasteiger partial charge in [0, 0.05) is 13.0 Å². The third-order valence-corrected chi connectivity index (χ3v) is 4.03. The van der Waals surface area contributed by atoms with Crippen molar-refractivity contribution in [2.24, 2.45) is 0 Å². The van der Waals surface area contributed by atoms with Crippen LogP contribution in [-0.4, -0.2) is 21.4 Å². The summed E-state index contributed by atoms with van der Waals surface area (Å²) in [6.07, 6.45) is 1.49. The molecule has 24 heavy (non-hydrogen) atoms. The average molecular weight is 346 g/mol. The minimum absolute atomic E-state index is 0.224. The zero-order valence-corrected chi connectivity index (χ0v) is 14.1. The van der Waals surface area contributed by atoms with Crippen molar-refractivity contribution >= 4 is 33.4 Å². The fraction of sp³-hybridized carbons (Fsp3) is 0.118. The summed E-state index contributed by atoms with van der Waals surface area (Å²) >= 11 is 0. The fourth-order valence-electron chi connectivity index (χ4n) is 1.95. The molecule has 1 amide bonds. The van der Waals surface area contributed by atoms with E-state index in [1.54, 1.807) is 24.3 Å². The van der Waals surface area contributed by atoms with Crippen LogP contribution >= 0.6 is 0 Å². The molecule has 7 heteroatoms. The zero-order valence-electron chi connectivity index (χ0n) is 13.3. The van der Waals surface area contributed by atoms with E-state index in [0.29, 0.717) is 11.4 Å². The summed E-state index contributed by atoms with van der Waals surface area (Å²) in [4.78, 5) is 11.3. The van der Waals surface area contributed by atoms with Gasteiger partial charge < -0.3 is 10.1 Å². The highest BCUT2D eigenvalue weighted by Gasteiger charge is 2.12. The van der Waals surface area contributed by atoms with Gasteiger partial charge in [-0.2, -0.15) is 0 Å². The first-order valence-electron chi connectivity index (χ1n) is 7.11. The molecule has 0 atom stereocenters. The number of hydrogen-bond donors (Lipinski definition) is 2. The highest BCUT2D eigenvalue weighted by molar-refractivity contribution is 7.95. The maximum absolute atomic E-state index is 12.3. The van der Waals surface area contributed by atoms with Gasteiger partial charge in [0.25, 0.3) is 10.0 Å². The number of benzene rings is 2. The molecule has 0 heterocycles. The summed E-state index contributed by atoms with van der Waals surface area (Å²) in [6, 6.07) is 13.8. The van der Waals surface area contributed by atoms with Crippen LogP contribution in [0.4, 0.5) is 11.4 Å². The Labute approximate surface area is 141 Å². The van der Waals surface area contributed by atoms with Crippen LogP contribution in [0.5, 0.6) is 5.75 Å². The van der Waals surface area contributed by atoms with Crippen molar-refractivity contribution in [3.05, 3.63) is 59.5 Å². The minimum atomic E-state index is -3.75. The van der Waals surface area contributed by atoms with E-state index in [2.05, 4.69) is 10.0 Å². The molecule has 0 fully saturated rings. The van der Waals surface area contributed by atoms with Gasteiger partial charge in [-0.1, -0.05) is 30.3 Å². The van der Waals surface area contributed by atoms with E-state index in [1.807, 2.05) is 18.2 Å². The average Bonchev–Trinajstić information content (AvgIpc) is 2.55. The van der Waals surface area contributed by atoms with Crippen LogP contribution in [-0.2, 0) is 14.8 Å². The van der Waals surface area contributed by atoms with Crippen molar-refractivity contribution < 1.29 is 17.9 Å². The van der Waals surface area contributed by atoms with Gasteiger partial charge in [0.2, 0.25) is 5.91 Å². The van der Waals surface area contributed by atoms with Crippen molar-refractivity contribution in [1.82, 2.24) is 0 Å². The number of sulfonamides is 1. The zero-order chi connectivity index (χ0) is 17.6. The molecule has 0 spiro atoms. The summed E-state index contributed by atoms with van der Waals surface area (Å²) in [5, 5.41) is 3.64. The Bertz CT molecular complexity index is 846. The van der Waals surface area contributed by atoms with Gasteiger partial charge in [0.1, 0.15) is 5.75 Å². The summed E-state index contributed by atoms with van der Waals surface area (Å²) < 4.78 is 32.0. The highest BCUT2D eigenvalue weighted by Crippen LogP contribution is 2.28. The van der Waals surface area contributed by atoms with Gasteiger partial charge >= 0.3 is 0 Å². The van der Waals surface area contributed by atoms with E-state index in [9.17, 15) is 13.2 Å².